The van der Waals surface area contributed by atoms with Gasteiger partial charge in [0.25, 0.3) is 0 Å². The van der Waals surface area contributed by atoms with Crippen molar-refractivity contribution in [3.8, 4) is 0 Å². The van der Waals surface area contributed by atoms with E-state index in [9.17, 15) is 4.79 Å². The fraction of sp³-hybridized carbons (Fsp3) is 0.586. The molecule has 1 amide bonds. The third-order valence-electron chi connectivity index (χ3n) is 7.88. The van der Waals surface area contributed by atoms with Crippen LogP contribution in [0.15, 0.2) is 33.3 Å². The Bertz CT molecular complexity index is 1030. The summed E-state index contributed by atoms with van der Waals surface area (Å²) in [5.74, 6) is 1.69. The number of aryl methyl sites for hydroxylation is 3. The molecule has 4 nitrogen and oxygen atoms in total. The number of fused-ring (bicyclic) bond motifs is 2. The van der Waals surface area contributed by atoms with Crippen LogP contribution >= 0.6 is 31.9 Å². The predicted molar refractivity (Wildman–Crippen MR) is 151 cm³/mol. The molecule has 3 heterocycles. The first-order chi connectivity index (χ1) is 17.0. The minimum absolute atomic E-state index is 0.280. The molecule has 35 heavy (non-hydrogen) atoms. The van der Waals surface area contributed by atoms with Gasteiger partial charge in [0.2, 0.25) is 5.91 Å². The van der Waals surface area contributed by atoms with E-state index in [1.165, 1.54) is 32.4 Å². The zero-order valence-corrected chi connectivity index (χ0v) is 24.6. The van der Waals surface area contributed by atoms with Crippen LogP contribution in [0.5, 0.6) is 0 Å². The molecule has 1 atom stereocenters. The zero-order valence-electron chi connectivity index (χ0n) is 21.4. The van der Waals surface area contributed by atoms with Gasteiger partial charge in [0.15, 0.2) is 0 Å². The van der Waals surface area contributed by atoms with E-state index in [0.717, 1.165) is 75.6 Å². The summed E-state index contributed by atoms with van der Waals surface area (Å²) in [5.41, 5.74) is 6.78. The molecule has 2 aliphatic heterocycles. The standard InChI is InChI=1S/C27H33Br2N3O.C2H6/c1-17-12-20-2-3-21-15-22(28)16-31-27(21)26(25(20)23(29)13-17)19-6-10-32(11-7-19)24(33)14-18-4-8-30-9-5-18;1-2/h12-13,15-16,18-19,26,30H,2-11,14H2,1H3;1-2H3. The number of hydrogen-bond acceptors (Lipinski definition) is 3. The number of amides is 1. The van der Waals surface area contributed by atoms with Gasteiger partial charge in [-0.05, 0) is 121 Å². The van der Waals surface area contributed by atoms with E-state index in [1.807, 2.05) is 20.0 Å². The van der Waals surface area contributed by atoms with Gasteiger partial charge in [-0.1, -0.05) is 35.8 Å². The average Bonchev–Trinajstić information content (AvgIpc) is 3.03. The summed E-state index contributed by atoms with van der Waals surface area (Å²) in [6.07, 6.45) is 9.09. The Morgan fingerprint density at radius 3 is 2.43 bits per heavy atom. The van der Waals surface area contributed by atoms with Gasteiger partial charge in [0, 0.05) is 40.6 Å². The molecule has 1 aromatic carbocycles. The smallest absolute Gasteiger partial charge is 0.222 e. The third-order valence-corrected chi connectivity index (χ3v) is 8.97. The molecule has 1 aromatic heterocycles. The van der Waals surface area contributed by atoms with Crippen LogP contribution in [0.4, 0.5) is 0 Å². The maximum atomic E-state index is 13.0. The number of carbonyl (C=O) groups is 1. The van der Waals surface area contributed by atoms with Crippen molar-refractivity contribution >= 4 is 37.8 Å². The zero-order chi connectivity index (χ0) is 24.9. The lowest BCUT2D eigenvalue weighted by atomic mass is 9.76. The van der Waals surface area contributed by atoms with E-state index in [4.69, 9.17) is 4.98 Å². The Kier molecular flexibility index (Phi) is 9.45. The van der Waals surface area contributed by atoms with Gasteiger partial charge >= 0.3 is 0 Å². The van der Waals surface area contributed by atoms with Crippen molar-refractivity contribution in [2.45, 2.75) is 71.6 Å². The molecule has 2 aromatic rings. The number of nitrogens with one attached hydrogen (secondary N) is 1. The lowest BCUT2D eigenvalue weighted by molar-refractivity contribution is -0.133. The van der Waals surface area contributed by atoms with E-state index >= 15 is 0 Å². The number of benzene rings is 1. The number of hydrogen-bond donors (Lipinski definition) is 1. The van der Waals surface area contributed by atoms with Crippen LogP contribution in [0.1, 0.15) is 79.8 Å². The second-order valence-electron chi connectivity index (χ2n) is 10.1. The summed E-state index contributed by atoms with van der Waals surface area (Å²) in [6, 6.07) is 6.89. The highest BCUT2D eigenvalue weighted by atomic mass is 79.9. The predicted octanol–water partition coefficient (Wildman–Crippen LogP) is 6.80. The van der Waals surface area contributed by atoms with Crippen LogP contribution in [-0.2, 0) is 17.6 Å². The fourth-order valence-corrected chi connectivity index (χ4v) is 7.40. The fourth-order valence-electron chi connectivity index (χ4n) is 6.16. The van der Waals surface area contributed by atoms with Crippen LogP contribution in [0.2, 0.25) is 0 Å². The van der Waals surface area contributed by atoms with Gasteiger partial charge in [0.05, 0.1) is 5.69 Å². The van der Waals surface area contributed by atoms with E-state index in [0.29, 0.717) is 17.7 Å². The molecule has 0 radical (unpaired) electrons. The van der Waals surface area contributed by atoms with E-state index < -0.39 is 0 Å². The molecule has 2 fully saturated rings. The Balaban J connectivity index is 0.00000141. The minimum atomic E-state index is 0.280. The summed E-state index contributed by atoms with van der Waals surface area (Å²) in [6.45, 7) is 10.0. The number of likely N-dealkylation sites (tertiary alicyclic amines) is 1. The molecule has 1 unspecified atom stereocenters. The summed E-state index contributed by atoms with van der Waals surface area (Å²) in [4.78, 5) is 20.1. The molecular formula is C29H39Br2N3O. The quantitative estimate of drug-likeness (QED) is 0.419. The lowest BCUT2D eigenvalue weighted by Gasteiger charge is -2.38. The molecule has 6 heteroatoms. The molecule has 0 bridgehead atoms. The largest absolute Gasteiger partial charge is 0.343 e. The molecule has 2 saturated heterocycles. The van der Waals surface area contributed by atoms with Gasteiger partial charge in [-0.3, -0.25) is 9.78 Å². The van der Waals surface area contributed by atoms with Crippen molar-refractivity contribution in [2.24, 2.45) is 11.8 Å². The number of rotatable bonds is 3. The Morgan fingerprint density at radius 1 is 1.03 bits per heavy atom. The van der Waals surface area contributed by atoms with Crippen LogP contribution in [-0.4, -0.2) is 42.0 Å². The van der Waals surface area contributed by atoms with Crippen molar-refractivity contribution in [3.63, 3.8) is 0 Å². The molecule has 0 saturated carbocycles. The van der Waals surface area contributed by atoms with E-state index in [-0.39, 0.29) is 5.92 Å². The summed E-state index contributed by atoms with van der Waals surface area (Å²) in [5, 5.41) is 3.40. The lowest BCUT2D eigenvalue weighted by Crippen LogP contribution is -2.41. The number of aromatic nitrogens is 1. The number of halogens is 2. The summed E-state index contributed by atoms with van der Waals surface area (Å²) < 4.78 is 2.27. The molecule has 1 N–H and O–H groups in total. The highest BCUT2D eigenvalue weighted by Gasteiger charge is 2.36. The molecule has 1 aliphatic carbocycles. The summed E-state index contributed by atoms with van der Waals surface area (Å²) in [7, 11) is 0. The average molecular weight is 605 g/mol. The van der Waals surface area contributed by atoms with E-state index in [2.05, 4.69) is 67.2 Å². The van der Waals surface area contributed by atoms with Gasteiger partial charge < -0.3 is 10.2 Å². The first-order valence-corrected chi connectivity index (χ1v) is 15.0. The first kappa shape index (κ1) is 26.8. The maximum Gasteiger partial charge on any atom is 0.222 e. The third kappa shape index (κ3) is 6.19. The van der Waals surface area contributed by atoms with Gasteiger partial charge in [0.1, 0.15) is 0 Å². The Hall–Kier alpha value is -1.24. The number of carbonyl (C=O) groups excluding carboxylic acids is 1. The Morgan fingerprint density at radius 2 is 1.71 bits per heavy atom. The Labute approximate surface area is 227 Å². The molecule has 0 spiro atoms. The van der Waals surface area contributed by atoms with Crippen molar-refractivity contribution in [1.82, 2.24) is 15.2 Å². The second kappa shape index (κ2) is 12.3. The second-order valence-corrected chi connectivity index (χ2v) is 11.9. The number of piperidine rings is 2. The van der Waals surface area contributed by atoms with Crippen molar-refractivity contribution in [3.05, 3.63) is 61.3 Å². The number of nitrogens with zero attached hydrogens (tertiary/aromatic N) is 2. The normalized spacial score (nSPS) is 20.8. The van der Waals surface area contributed by atoms with Gasteiger partial charge in [-0.15, -0.1) is 0 Å². The minimum Gasteiger partial charge on any atom is -0.343 e. The topological polar surface area (TPSA) is 45.2 Å². The van der Waals surface area contributed by atoms with Crippen LogP contribution in [0.3, 0.4) is 0 Å². The first-order valence-electron chi connectivity index (χ1n) is 13.4. The monoisotopic (exact) mass is 603 g/mol. The maximum absolute atomic E-state index is 13.0. The van der Waals surface area contributed by atoms with Crippen LogP contribution in [0, 0.1) is 18.8 Å². The van der Waals surface area contributed by atoms with E-state index in [1.54, 1.807) is 0 Å². The van der Waals surface area contributed by atoms with Crippen molar-refractivity contribution in [2.75, 3.05) is 26.2 Å². The molecule has 3 aliphatic rings. The molecular weight excluding hydrogens is 566 g/mol. The summed E-state index contributed by atoms with van der Waals surface area (Å²) >= 11 is 7.56. The SMILES string of the molecule is CC.Cc1cc(Br)c2c(c1)CCc1cc(Br)cnc1C2C1CCN(C(=O)CC2CCNCC2)CC1. The van der Waals surface area contributed by atoms with Crippen LogP contribution < -0.4 is 5.32 Å². The highest BCUT2D eigenvalue weighted by molar-refractivity contribution is 9.10. The van der Waals surface area contributed by atoms with Crippen LogP contribution in [0.25, 0.3) is 0 Å². The highest BCUT2D eigenvalue weighted by Crippen LogP contribution is 2.45. The number of pyridine rings is 1. The molecule has 5 rings (SSSR count). The van der Waals surface area contributed by atoms with Gasteiger partial charge in [-0.2, -0.15) is 0 Å². The van der Waals surface area contributed by atoms with Gasteiger partial charge in [-0.25, -0.2) is 0 Å². The van der Waals surface area contributed by atoms with Crippen molar-refractivity contribution < 1.29 is 4.79 Å². The van der Waals surface area contributed by atoms with Crippen molar-refractivity contribution in [1.29, 1.82) is 0 Å². The molecule has 190 valence electrons.